The van der Waals surface area contributed by atoms with Crippen molar-refractivity contribution in [3.63, 3.8) is 0 Å². The van der Waals surface area contributed by atoms with Crippen molar-refractivity contribution in [1.82, 2.24) is 5.32 Å². The van der Waals surface area contributed by atoms with Crippen LogP contribution >= 0.6 is 0 Å². The number of amides is 1. The molecular formula is C13H17NO4. The Bertz CT molecular complexity index is 456. The van der Waals surface area contributed by atoms with Crippen LogP contribution in [0.3, 0.4) is 0 Å². The summed E-state index contributed by atoms with van der Waals surface area (Å²) in [6, 6.07) is 3.84. The predicted octanol–water partition coefficient (Wildman–Crippen LogP) is 1.68. The third-order valence-electron chi connectivity index (χ3n) is 2.66. The number of hydrogen-bond donors (Lipinski definition) is 3. The normalized spacial score (nSPS) is 11.9. The molecule has 0 radical (unpaired) electrons. The molecule has 0 aliphatic heterocycles. The van der Waals surface area contributed by atoms with Crippen molar-refractivity contribution >= 4 is 11.9 Å². The molecule has 0 aliphatic rings. The van der Waals surface area contributed by atoms with Gasteiger partial charge in [0.05, 0.1) is 5.56 Å². The number of phenolic OH excluding ortho intramolecular Hbond substituents is 1. The highest BCUT2D eigenvalue weighted by Gasteiger charge is 2.21. The van der Waals surface area contributed by atoms with Gasteiger partial charge in [0.1, 0.15) is 11.8 Å². The molecular weight excluding hydrogens is 234 g/mol. The fourth-order valence-corrected chi connectivity index (χ4v) is 1.62. The van der Waals surface area contributed by atoms with E-state index >= 15 is 0 Å². The van der Waals surface area contributed by atoms with Crippen molar-refractivity contribution in [2.24, 2.45) is 0 Å². The first kappa shape index (κ1) is 14.0. The standard InChI is InChI=1S/C13H17NO4/c1-3-5-10(13(17)18)14-12(16)9-7-4-6-8(2)11(9)15/h4,6-7,10,15H,3,5H2,1-2H3,(H,14,16)(H,17,18). The lowest BCUT2D eigenvalue weighted by atomic mass is 10.1. The van der Waals surface area contributed by atoms with Crippen LogP contribution in [-0.4, -0.2) is 28.1 Å². The Morgan fingerprint density at radius 2 is 2.06 bits per heavy atom. The number of rotatable bonds is 5. The van der Waals surface area contributed by atoms with E-state index in [1.807, 2.05) is 6.92 Å². The fourth-order valence-electron chi connectivity index (χ4n) is 1.62. The maximum atomic E-state index is 11.9. The van der Waals surface area contributed by atoms with Crippen LogP contribution in [0.25, 0.3) is 0 Å². The van der Waals surface area contributed by atoms with Gasteiger partial charge in [0.25, 0.3) is 5.91 Å². The molecule has 0 saturated carbocycles. The summed E-state index contributed by atoms with van der Waals surface area (Å²) in [6.07, 6.45) is 1.00. The van der Waals surface area contributed by atoms with Crippen molar-refractivity contribution in [1.29, 1.82) is 0 Å². The predicted molar refractivity (Wildman–Crippen MR) is 66.6 cm³/mol. The first-order chi connectivity index (χ1) is 8.47. The maximum absolute atomic E-state index is 11.9. The second-order valence-electron chi connectivity index (χ2n) is 4.12. The lowest BCUT2D eigenvalue weighted by molar-refractivity contribution is -0.139. The van der Waals surface area contributed by atoms with Gasteiger partial charge in [-0.15, -0.1) is 0 Å². The lowest BCUT2D eigenvalue weighted by Gasteiger charge is -2.14. The van der Waals surface area contributed by atoms with E-state index in [9.17, 15) is 14.7 Å². The monoisotopic (exact) mass is 251 g/mol. The van der Waals surface area contributed by atoms with Crippen molar-refractivity contribution < 1.29 is 19.8 Å². The zero-order valence-corrected chi connectivity index (χ0v) is 10.4. The molecule has 1 aromatic carbocycles. The van der Waals surface area contributed by atoms with Crippen molar-refractivity contribution in [2.45, 2.75) is 32.7 Å². The zero-order valence-electron chi connectivity index (χ0n) is 10.4. The van der Waals surface area contributed by atoms with Gasteiger partial charge in [0, 0.05) is 0 Å². The number of aryl methyl sites for hydroxylation is 1. The summed E-state index contributed by atoms with van der Waals surface area (Å²) in [6.45, 7) is 3.51. The molecule has 0 aromatic heterocycles. The van der Waals surface area contributed by atoms with Gasteiger partial charge in [-0.3, -0.25) is 4.79 Å². The third kappa shape index (κ3) is 3.23. The molecule has 0 saturated heterocycles. The average Bonchev–Trinajstić information content (AvgIpc) is 2.31. The van der Waals surface area contributed by atoms with Crippen LogP contribution in [0.1, 0.15) is 35.7 Å². The number of carboxylic acid groups (broad SMARTS) is 1. The minimum Gasteiger partial charge on any atom is -0.507 e. The number of nitrogens with one attached hydrogen (secondary N) is 1. The Kier molecular flexibility index (Phi) is 4.71. The molecule has 1 atom stereocenters. The molecule has 0 heterocycles. The van der Waals surface area contributed by atoms with Gasteiger partial charge >= 0.3 is 5.97 Å². The first-order valence-electron chi connectivity index (χ1n) is 5.79. The summed E-state index contributed by atoms with van der Waals surface area (Å²) in [4.78, 5) is 22.8. The highest BCUT2D eigenvalue weighted by Crippen LogP contribution is 2.21. The summed E-state index contributed by atoms with van der Waals surface area (Å²) in [5.41, 5.74) is 0.669. The van der Waals surface area contributed by atoms with Crippen LogP contribution in [0.4, 0.5) is 0 Å². The minimum absolute atomic E-state index is 0.0948. The van der Waals surface area contributed by atoms with Gasteiger partial charge < -0.3 is 15.5 Å². The Balaban J connectivity index is 2.87. The van der Waals surface area contributed by atoms with Crippen LogP contribution in [0.5, 0.6) is 5.75 Å². The van der Waals surface area contributed by atoms with Crippen LogP contribution in [0, 0.1) is 6.92 Å². The topological polar surface area (TPSA) is 86.6 Å². The van der Waals surface area contributed by atoms with E-state index in [1.165, 1.54) is 6.07 Å². The lowest BCUT2D eigenvalue weighted by Crippen LogP contribution is -2.40. The third-order valence-corrected chi connectivity index (χ3v) is 2.66. The van der Waals surface area contributed by atoms with E-state index in [-0.39, 0.29) is 11.3 Å². The Morgan fingerprint density at radius 3 is 2.61 bits per heavy atom. The van der Waals surface area contributed by atoms with Gasteiger partial charge in [0.15, 0.2) is 0 Å². The van der Waals surface area contributed by atoms with Crippen LogP contribution < -0.4 is 5.32 Å². The largest absolute Gasteiger partial charge is 0.507 e. The summed E-state index contributed by atoms with van der Waals surface area (Å²) < 4.78 is 0. The van der Waals surface area contributed by atoms with Gasteiger partial charge in [-0.1, -0.05) is 25.5 Å². The number of hydrogen-bond acceptors (Lipinski definition) is 3. The van der Waals surface area contributed by atoms with Gasteiger partial charge in [0.2, 0.25) is 0 Å². The number of aromatic hydroxyl groups is 1. The highest BCUT2D eigenvalue weighted by molar-refractivity contribution is 5.99. The number of carbonyl (C=O) groups excluding carboxylic acids is 1. The number of carboxylic acids is 1. The van der Waals surface area contributed by atoms with Gasteiger partial charge in [-0.05, 0) is 25.0 Å². The number of para-hydroxylation sites is 1. The highest BCUT2D eigenvalue weighted by atomic mass is 16.4. The molecule has 0 fully saturated rings. The van der Waals surface area contributed by atoms with E-state index in [0.29, 0.717) is 18.4 Å². The van der Waals surface area contributed by atoms with Crippen LogP contribution in [-0.2, 0) is 4.79 Å². The maximum Gasteiger partial charge on any atom is 0.326 e. The van der Waals surface area contributed by atoms with Crippen molar-refractivity contribution in [2.75, 3.05) is 0 Å². The molecule has 1 rings (SSSR count). The first-order valence-corrected chi connectivity index (χ1v) is 5.79. The zero-order chi connectivity index (χ0) is 13.7. The van der Waals surface area contributed by atoms with E-state index in [1.54, 1.807) is 19.1 Å². The second-order valence-corrected chi connectivity index (χ2v) is 4.12. The smallest absolute Gasteiger partial charge is 0.326 e. The molecule has 18 heavy (non-hydrogen) atoms. The molecule has 98 valence electrons. The summed E-state index contributed by atoms with van der Waals surface area (Å²) in [5, 5.41) is 21.1. The van der Waals surface area contributed by atoms with Crippen molar-refractivity contribution in [3.8, 4) is 5.75 Å². The molecule has 0 spiro atoms. The molecule has 0 aliphatic carbocycles. The number of carbonyl (C=O) groups is 2. The molecule has 3 N–H and O–H groups in total. The quantitative estimate of drug-likeness (QED) is 0.743. The fraction of sp³-hybridized carbons (Fsp3) is 0.385. The van der Waals surface area contributed by atoms with Crippen LogP contribution in [0.2, 0.25) is 0 Å². The molecule has 5 nitrogen and oxygen atoms in total. The summed E-state index contributed by atoms with van der Waals surface area (Å²) >= 11 is 0. The van der Waals surface area contributed by atoms with E-state index < -0.39 is 17.9 Å². The average molecular weight is 251 g/mol. The SMILES string of the molecule is CCCC(NC(=O)c1cccc(C)c1O)C(=O)O. The summed E-state index contributed by atoms with van der Waals surface area (Å²) in [7, 11) is 0. The van der Waals surface area contributed by atoms with Crippen LogP contribution in [0.15, 0.2) is 18.2 Å². The van der Waals surface area contributed by atoms with Gasteiger partial charge in [-0.25, -0.2) is 4.79 Å². The molecule has 1 aromatic rings. The Hall–Kier alpha value is -2.04. The number of benzene rings is 1. The van der Waals surface area contributed by atoms with E-state index in [4.69, 9.17) is 5.11 Å². The summed E-state index contributed by atoms with van der Waals surface area (Å²) in [5.74, 6) is -1.76. The van der Waals surface area contributed by atoms with E-state index in [0.717, 1.165) is 0 Å². The molecule has 1 unspecified atom stereocenters. The number of aliphatic carboxylic acids is 1. The molecule has 5 heteroatoms. The molecule has 1 amide bonds. The second kappa shape index (κ2) is 6.05. The number of phenols is 1. The van der Waals surface area contributed by atoms with Gasteiger partial charge in [-0.2, -0.15) is 0 Å². The molecule has 0 bridgehead atoms. The van der Waals surface area contributed by atoms with Crippen molar-refractivity contribution in [3.05, 3.63) is 29.3 Å². The minimum atomic E-state index is -1.07. The Morgan fingerprint density at radius 1 is 1.39 bits per heavy atom. The Labute approximate surface area is 105 Å². The van der Waals surface area contributed by atoms with E-state index in [2.05, 4.69) is 5.32 Å².